The average Bonchev–Trinajstić information content (AvgIpc) is 0.791. The number of carbonyl (C=O) groups excluding carboxylic acids is 4. The summed E-state index contributed by atoms with van der Waals surface area (Å²) >= 11 is 0. The van der Waals surface area contributed by atoms with Crippen LogP contribution in [-0.2, 0) is 49.8 Å². The smallest absolute Gasteiger partial charge is 0.351 e. The first-order valence-corrected chi connectivity index (χ1v) is 30.7. The predicted octanol–water partition coefficient (Wildman–Crippen LogP) is 9.07. The van der Waals surface area contributed by atoms with Gasteiger partial charge < -0.3 is 34.1 Å². The molecule has 21 nitrogen and oxygen atoms in total. The van der Waals surface area contributed by atoms with E-state index in [4.69, 9.17) is 23.5 Å². The maximum Gasteiger partial charge on any atom is 0.351 e. The molecule has 10 rings (SSSR count). The molecule has 2 saturated heterocycles. The number of hydrogen-bond acceptors (Lipinski definition) is 15. The SMILES string of the molecule is Cc1cc(COC(=O)CCC(=O)OC[C@@H]2CN(P(=O)(OC[C@@H]3CN(C(c4ccccc4)(c4ccccc4)c4ccccc4)C[C@H](n4ccc(NC(=O)c5ccccc5)nc4=O)O3)N(C)C)C[C@H](n3ccc(NC(=O)c4ccccc4)nc3=O)O2)cc(C)c1C. The Bertz CT molecular complexity index is 3830. The third kappa shape index (κ3) is 14.8. The zero-order valence-corrected chi connectivity index (χ0v) is 50.9. The standard InChI is InChI=1S/C67H70N9O12P/c1-46-37-49(38-47(2)48(46)3)43-84-61(77)31-32-62(78)85-44-56-40-74(42-60(88-56)76-36-34-58(71-66(76)82)69-64(80)51-23-13-7-14-24-51)89(83,72(4)5)86-45-55-39-73(41-59(87-55)75-35-33-57(70-65(75)81)68-63(79)50-21-11-6-12-22-50)67(52-25-15-8-16-26-52,53-27-17-9-18-28-53)54-29-19-10-20-30-54/h6-30,33-38,55-56,59-60H,31-32,39-45H2,1-5H3,(H,68,70,79,81)(H,69,71,80,82)/t55-,56-,59+,60+,89?/m0/s1. The summed E-state index contributed by atoms with van der Waals surface area (Å²) in [4.78, 5) is 91.6. The number of esters is 2. The molecule has 4 heterocycles. The number of amides is 2. The number of aromatic nitrogens is 4. The number of rotatable bonds is 22. The Hall–Kier alpha value is -9.05. The predicted molar refractivity (Wildman–Crippen MR) is 334 cm³/mol. The van der Waals surface area contributed by atoms with Crippen LogP contribution >= 0.6 is 7.67 Å². The van der Waals surface area contributed by atoms with Crippen molar-refractivity contribution < 1.29 is 47.2 Å². The van der Waals surface area contributed by atoms with Crippen LogP contribution in [0.2, 0.25) is 0 Å². The Morgan fingerprint density at radius 1 is 0.573 bits per heavy atom. The van der Waals surface area contributed by atoms with E-state index < -0.39 is 73.0 Å². The molecule has 6 aromatic carbocycles. The molecule has 0 radical (unpaired) electrons. The Morgan fingerprint density at radius 2 is 1.00 bits per heavy atom. The molecule has 2 N–H and O–H groups in total. The van der Waals surface area contributed by atoms with E-state index in [1.165, 1.54) is 43.0 Å². The number of anilines is 2. The molecule has 2 aliphatic rings. The summed E-state index contributed by atoms with van der Waals surface area (Å²) in [5.41, 5.74) is 5.02. The van der Waals surface area contributed by atoms with Crippen LogP contribution in [0.5, 0.6) is 0 Å². The van der Waals surface area contributed by atoms with E-state index in [2.05, 4.69) is 61.9 Å². The van der Waals surface area contributed by atoms with Gasteiger partial charge in [0.25, 0.3) is 11.8 Å². The van der Waals surface area contributed by atoms with E-state index in [1.54, 1.807) is 74.8 Å². The molecule has 2 fully saturated rings. The van der Waals surface area contributed by atoms with Gasteiger partial charge in [-0.05, 0) is 110 Å². The third-order valence-electron chi connectivity index (χ3n) is 15.8. The maximum atomic E-state index is 16.0. The highest BCUT2D eigenvalue weighted by Gasteiger charge is 2.48. The van der Waals surface area contributed by atoms with Crippen LogP contribution in [0.15, 0.2) is 198 Å². The van der Waals surface area contributed by atoms with Crippen molar-refractivity contribution in [2.24, 2.45) is 0 Å². The van der Waals surface area contributed by atoms with Gasteiger partial charge in [0, 0.05) is 43.2 Å². The maximum absolute atomic E-state index is 16.0. The van der Waals surface area contributed by atoms with Crippen LogP contribution in [0.1, 0.15) is 85.0 Å². The third-order valence-corrected chi connectivity index (χ3v) is 18.3. The van der Waals surface area contributed by atoms with Gasteiger partial charge in [-0.1, -0.05) is 140 Å². The lowest BCUT2D eigenvalue weighted by Gasteiger charge is -2.51. The topological polar surface area (TPSA) is 235 Å². The molecule has 2 aliphatic heterocycles. The van der Waals surface area contributed by atoms with Gasteiger partial charge >= 0.3 is 31.0 Å². The number of benzene rings is 6. The van der Waals surface area contributed by atoms with E-state index >= 15 is 4.57 Å². The lowest BCUT2D eigenvalue weighted by Crippen LogP contribution is -2.58. The number of carbonyl (C=O) groups is 4. The Kier molecular flexibility index (Phi) is 20.1. The summed E-state index contributed by atoms with van der Waals surface area (Å²) in [6.45, 7) is 5.26. The minimum Gasteiger partial charge on any atom is -0.463 e. The van der Waals surface area contributed by atoms with Gasteiger partial charge in [0.15, 0.2) is 12.5 Å². The van der Waals surface area contributed by atoms with Gasteiger partial charge in [0.2, 0.25) is 0 Å². The molecular formula is C67H70N9O12P. The highest BCUT2D eigenvalue weighted by Crippen LogP contribution is 2.55. The molecule has 460 valence electrons. The van der Waals surface area contributed by atoms with Crippen molar-refractivity contribution in [1.29, 1.82) is 0 Å². The highest BCUT2D eigenvalue weighted by molar-refractivity contribution is 7.53. The minimum atomic E-state index is -4.23. The van der Waals surface area contributed by atoms with Gasteiger partial charge in [-0.2, -0.15) is 9.97 Å². The van der Waals surface area contributed by atoms with Gasteiger partial charge in [0.1, 0.15) is 31.0 Å². The number of morpholine rings is 2. The number of hydrogen-bond donors (Lipinski definition) is 2. The normalized spacial score (nSPS) is 17.9. The monoisotopic (exact) mass is 1220 g/mol. The van der Waals surface area contributed by atoms with Crippen LogP contribution in [-0.4, -0.2) is 123 Å². The first kappa shape index (κ1) is 63.0. The minimum absolute atomic E-state index is 0.0254. The van der Waals surface area contributed by atoms with Crippen LogP contribution in [0.25, 0.3) is 0 Å². The molecule has 0 aliphatic carbocycles. The fourth-order valence-corrected chi connectivity index (χ4v) is 13.2. The van der Waals surface area contributed by atoms with E-state index in [1.807, 2.05) is 87.5 Å². The molecule has 22 heteroatoms. The second-order valence-corrected chi connectivity index (χ2v) is 24.6. The lowest BCUT2D eigenvalue weighted by atomic mass is 9.75. The van der Waals surface area contributed by atoms with E-state index in [0.717, 1.165) is 38.9 Å². The van der Waals surface area contributed by atoms with Crippen LogP contribution in [0.3, 0.4) is 0 Å². The van der Waals surface area contributed by atoms with Crippen molar-refractivity contribution in [2.45, 2.75) is 70.4 Å². The summed E-state index contributed by atoms with van der Waals surface area (Å²) in [7, 11) is -1.06. The summed E-state index contributed by atoms with van der Waals surface area (Å²) in [5.74, 6) is -2.24. The van der Waals surface area contributed by atoms with E-state index in [0.29, 0.717) is 11.1 Å². The van der Waals surface area contributed by atoms with Crippen molar-refractivity contribution in [1.82, 2.24) is 33.3 Å². The average molecular weight is 1220 g/mol. The largest absolute Gasteiger partial charge is 0.463 e. The molecule has 0 spiro atoms. The van der Waals surface area contributed by atoms with Gasteiger partial charge in [-0.3, -0.25) is 37.8 Å². The molecule has 0 saturated carbocycles. The molecular weight excluding hydrogens is 1150 g/mol. The molecule has 89 heavy (non-hydrogen) atoms. The van der Waals surface area contributed by atoms with Gasteiger partial charge in [-0.15, -0.1) is 0 Å². The summed E-state index contributed by atoms with van der Waals surface area (Å²) in [5, 5.41) is 5.37. The van der Waals surface area contributed by atoms with Crippen molar-refractivity contribution >= 4 is 43.1 Å². The number of aryl methyl sites for hydroxylation is 2. The number of nitrogens with zero attached hydrogens (tertiary/aromatic N) is 7. The van der Waals surface area contributed by atoms with Crippen LogP contribution < -0.4 is 22.0 Å². The lowest BCUT2D eigenvalue weighted by molar-refractivity contribution is -0.162. The second kappa shape index (κ2) is 28.4. The molecule has 0 bridgehead atoms. The number of nitrogens with one attached hydrogen (secondary N) is 2. The molecule has 8 aromatic rings. The summed E-state index contributed by atoms with van der Waals surface area (Å²) in [6, 6.07) is 53.8. The fraction of sp³-hybridized carbons (Fsp3) is 0.284. The van der Waals surface area contributed by atoms with Gasteiger partial charge in [-0.25, -0.2) is 18.9 Å². The van der Waals surface area contributed by atoms with Crippen molar-refractivity contribution in [3.8, 4) is 0 Å². The Labute approximate surface area is 515 Å². The highest BCUT2D eigenvalue weighted by atomic mass is 31.2. The molecule has 2 amide bonds. The second-order valence-electron chi connectivity index (χ2n) is 22.0. The van der Waals surface area contributed by atoms with E-state index in [-0.39, 0.29) is 70.5 Å². The fourth-order valence-electron chi connectivity index (χ4n) is 11.2. The van der Waals surface area contributed by atoms with Crippen molar-refractivity contribution in [3.63, 3.8) is 0 Å². The van der Waals surface area contributed by atoms with Crippen LogP contribution in [0.4, 0.5) is 11.6 Å². The zero-order valence-electron chi connectivity index (χ0n) is 50.0. The first-order valence-electron chi connectivity index (χ1n) is 29.2. The van der Waals surface area contributed by atoms with Crippen molar-refractivity contribution in [2.75, 3.05) is 64.1 Å². The Balaban J connectivity index is 0.942. The molecule has 1 unspecified atom stereocenters. The molecule has 2 aromatic heterocycles. The van der Waals surface area contributed by atoms with E-state index in [9.17, 15) is 28.8 Å². The van der Waals surface area contributed by atoms with Gasteiger partial charge in [0.05, 0.1) is 37.6 Å². The Morgan fingerprint density at radius 3 is 1.45 bits per heavy atom. The zero-order chi connectivity index (χ0) is 62.7. The quantitative estimate of drug-likeness (QED) is 0.0366. The van der Waals surface area contributed by atoms with Crippen LogP contribution in [0, 0.1) is 20.8 Å². The molecule has 5 atom stereocenters. The van der Waals surface area contributed by atoms with Crippen molar-refractivity contribution in [3.05, 3.63) is 259 Å². The number of ether oxygens (including phenoxy) is 4. The summed E-state index contributed by atoms with van der Waals surface area (Å²) < 4.78 is 52.9. The summed E-state index contributed by atoms with van der Waals surface area (Å²) in [6.07, 6.45) is -1.85. The first-order chi connectivity index (χ1) is 43.0.